The van der Waals surface area contributed by atoms with E-state index in [1.807, 2.05) is 0 Å². The van der Waals surface area contributed by atoms with Crippen molar-refractivity contribution in [1.29, 1.82) is 0 Å². The molecule has 0 radical (unpaired) electrons. The lowest BCUT2D eigenvalue weighted by molar-refractivity contribution is 0.0605. The van der Waals surface area contributed by atoms with E-state index in [4.69, 9.17) is 14.5 Å². The minimum Gasteiger partial charge on any atom is -0.378 e. The SMILES string of the molecule is CCCCCCCCCCCCCCCCSC[C@H](COP(=O)(O)O)OC. The van der Waals surface area contributed by atoms with Crippen LogP contribution in [0.15, 0.2) is 0 Å². The van der Waals surface area contributed by atoms with Crippen molar-refractivity contribution in [3.05, 3.63) is 0 Å². The van der Waals surface area contributed by atoms with Crippen LogP contribution in [0.2, 0.25) is 0 Å². The van der Waals surface area contributed by atoms with Crippen LogP contribution in [0.3, 0.4) is 0 Å². The lowest BCUT2D eigenvalue weighted by Gasteiger charge is -2.15. The van der Waals surface area contributed by atoms with Crippen molar-refractivity contribution in [2.24, 2.45) is 0 Å². The first-order valence-electron chi connectivity index (χ1n) is 10.8. The van der Waals surface area contributed by atoms with Crippen molar-refractivity contribution in [1.82, 2.24) is 0 Å². The van der Waals surface area contributed by atoms with E-state index in [1.54, 1.807) is 18.9 Å². The standard InChI is InChI=1S/C20H43O5PS/c1-3-4-5-6-7-8-9-10-11-12-13-14-15-16-17-27-19-20(24-2)18-25-26(21,22)23/h20H,3-19H2,1-2H3,(H2,21,22,23)/t20-/m0/s1. The summed E-state index contributed by atoms with van der Waals surface area (Å²) >= 11 is 1.76. The predicted octanol–water partition coefficient (Wildman–Crippen LogP) is 6.33. The molecule has 0 unspecified atom stereocenters. The van der Waals surface area contributed by atoms with Gasteiger partial charge in [-0.05, 0) is 12.2 Å². The highest BCUT2D eigenvalue weighted by Crippen LogP contribution is 2.36. The summed E-state index contributed by atoms with van der Waals surface area (Å²) in [6.07, 6.45) is 18.8. The minimum atomic E-state index is -4.40. The predicted molar refractivity (Wildman–Crippen MR) is 116 cm³/mol. The number of hydrogen-bond donors (Lipinski definition) is 2. The van der Waals surface area contributed by atoms with E-state index in [9.17, 15) is 4.57 Å². The molecule has 0 amide bonds. The van der Waals surface area contributed by atoms with Crippen molar-refractivity contribution < 1.29 is 23.6 Å². The summed E-state index contributed by atoms with van der Waals surface area (Å²) in [6, 6.07) is 0. The maximum absolute atomic E-state index is 10.7. The zero-order valence-electron chi connectivity index (χ0n) is 17.6. The third kappa shape index (κ3) is 22.6. The second-order valence-corrected chi connectivity index (χ2v) is 9.70. The summed E-state index contributed by atoms with van der Waals surface area (Å²) < 4.78 is 20.4. The smallest absolute Gasteiger partial charge is 0.378 e. The molecule has 0 heterocycles. The molecular weight excluding hydrogens is 383 g/mol. The Labute approximate surface area is 171 Å². The molecule has 0 aliphatic carbocycles. The highest BCUT2D eigenvalue weighted by Gasteiger charge is 2.17. The number of rotatable bonds is 21. The second-order valence-electron chi connectivity index (χ2n) is 7.32. The van der Waals surface area contributed by atoms with Gasteiger partial charge in [0.05, 0.1) is 12.7 Å². The van der Waals surface area contributed by atoms with Gasteiger partial charge in [0.1, 0.15) is 0 Å². The molecule has 164 valence electrons. The van der Waals surface area contributed by atoms with Crippen LogP contribution in [0.4, 0.5) is 0 Å². The number of phosphoric acid groups is 1. The highest BCUT2D eigenvalue weighted by molar-refractivity contribution is 7.99. The first-order valence-corrected chi connectivity index (χ1v) is 13.5. The van der Waals surface area contributed by atoms with Crippen LogP contribution in [0, 0.1) is 0 Å². The van der Waals surface area contributed by atoms with Crippen LogP contribution in [0.1, 0.15) is 96.8 Å². The van der Waals surface area contributed by atoms with Gasteiger partial charge in [0.2, 0.25) is 0 Å². The highest BCUT2D eigenvalue weighted by atomic mass is 32.2. The van der Waals surface area contributed by atoms with Crippen molar-refractivity contribution >= 4 is 19.6 Å². The largest absolute Gasteiger partial charge is 0.469 e. The molecule has 0 saturated carbocycles. The summed E-state index contributed by atoms with van der Waals surface area (Å²) in [5.74, 6) is 1.77. The molecular formula is C20H43O5PS. The summed E-state index contributed by atoms with van der Waals surface area (Å²) in [6.45, 7) is 2.21. The Bertz CT molecular complexity index is 351. The number of phosphoric ester groups is 1. The molecule has 5 nitrogen and oxygen atoms in total. The van der Waals surface area contributed by atoms with E-state index in [0.717, 1.165) is 5.75 Å². The van der Waals surface area contributed by atoms with Crippen LogP contribution < -0.4 is 0 Å². The Morgan fingerprint density at radius 3 is 1.67 bits per heavy atom. The average molecular weight is 427 g/mol. The Morgan fingerprint density at radius 2 is 1.26 bits per heavy atom. The molecule has 0 aliphatic rings. The van der Waals surface area contributed by atoms with Gasteiger partial charge < -0.3 is 14.5 Å². The molecule has 0 aromatic carbocycles. The summed E-state index contributed by atoms with van der Waals surface area (Å²) in [5.41, 5.74) is 0. The summed E-state index contributed by atoms with van der Waals surface area (Å²) in [4.78, 5) is 17.4. The molecule has 0 fully saturated rings. The third-order valence-corrected chi connectivity index (χ3v) is 6.38. The van der Waals surface area contributed by atoms with Gasteiger partial charge >= 0.3 is 7.82 Å². The number of thioether (sulfide) groups is 1. The third-order valence-electron chi connectivity index (χ3n) is 4.71. The first kappa shape index (κ1) is 27.4. The van der Waals surface area contributed by atoms with Gasteiger partial charge in [-0.2, -0.15) is 11.8 Å². The molecule has 0 aromatic rings. The molecule has 2 N–H and O–H groups in total. The second kappa shape index (κ2) is 19.7. The maximum atomic E-state index is 10.7. The fourth-order valence-corrected chi connectivity index (χ4v) is 4.41. The van der Waals surface area contributed by atoms with Gasteiger partial charge in [0.25, 0.3) is 0 Å². The molecule has 0 aromatic heterocycles. The summed E-state index contributed by atoms with van der Waals surface area (Å²) in [7, 11) is -2.86. The molecule has 7 heteroatoms. The monoisotopic (exact) mass is 426 g/mol. The van der Waals surface area contributed by atoms with E-state index in [2.05, 4.69) is 11.4 Å². The van der Waals surface area contributed by atoms with E-state index in [0.29, 0.717) is 5.75 Å². The van der Waals surface area contributed by atoms with Gasteiger partial charge in [-0.15, -0.1) is 0 Å². The zero-order valence-corrected chi connectivity index (χ0v) is 19.3. The van der Waals surface area contributed by atoms with Crippen molar-refractivity contribution in [3.8, 4) is 0 Å². The maximum Gasteiger partial charge on any atom is 0.469 e. The number of ether oxygens (including phenoxy) is 1. The number of methoxy groups -OCH3 is 1. The van der Waals surface area contributed by atoms with Gasteiger partial charge in [0, 0.05) is 12.9 Å². The van der Waals surface area contributed by atoms with Gasteiger partial charge in [0.15, 0.2) is 0 Å². The van der Waals surface area contributed by atoms with Crippen LogP contribution in [0.25, 0.3) is 0 Å². The Morgan fingerprint density at radius 1 is 0.815 bits per heavy atom. The molecule has 0 saturated heterocycles. The Hall–Kier alpha value is 0.420. The minimum absolute atomic E-state index is 0.0630. The average Bonchev–Trinajstić information content (AvgIpc) is 2.63. The molecule has 0 aliphatic heterocycles. The summed E-state index contributed by atoms with van der Waals surface area (Å²) in [5, 5.41) is 0. The van der Waals surface area contributed by atoms with E-state index in [1.165, 1.54) is 89.9 Å². The molecule has 0 bridgehead atoms. The Kier molecular flexibility index (Phi) is 20.0. The van der Waals surface area contributed by atoms with Crippen LogP contribution >= 0.6 is 19.6 Å². The normalized spacial score (nSPS) is 13.2. The first-order chi connectivity index (χ1) is 13.0. The molecule has 27 heavy (non-hydrogen) atoms. The lowest BCUT2D eigenvalue weighted by atomic mass is 10.0. The zero-order chi connectivity index (χ0) is 20.2. The molecule has 0 rings (SSSR count). The Balaban J connectivity index is 3.25. The van der Waals surface area contributed by atoms with Crippen LogP contribution in [-0.4, -0.2) is 41.1 Å². The van der Waals surface area contributed by atoms with E-state index < -0.39 is 7.82 Å². The van der Waals surface area contributed by atoms with Crippen molar-refractivity contribution in [3.63, 3.8) is 0 Å². The van der Waals surface area contributed by atoms with Gasteiger partial charge in [-0.3, -0.25) is 4.52 Å². The van der Waals surface area contributed by atoms with E-state index in [-0.39, 0.29) is 12.7 Å². The number of hydrogen-bond acceptors (Lipinski definition) is 4. The quantitative estimate of drug-likeness (QED) is 0.165. The van der Waals surface area contributed by atoms with E-state index >= 15 is 0 Å². The van der Waals surface area contributed by atoms with Crippen LogP contribution in [0.5, 0.6) is 0 Å². The van der Waals surface area contributed by atoms with Gasteiger partial charge in [-0.25, -0.2) is 4.57 Å². The van der Waals surface area contributed by atoms with Gasteiger partial charge in [-0.1, -0.05) is 90.4 Å². The topological polar surface area (TPSA) is 76.0 Å². The van der Waals surface area contributed by atoms with Crippen LogP contribution in [-0.2, 0) is 13.8 Å². The number of unbranched alkanes of at least 4 members (excludes halogenated alkanes) is 13. The lowest BCUT2D eigenvalue weighted by Crippen LogP contribution is -2.20. The molecule has 1 atom stereocenters. The van der Waals surface area contributed by atoms with Crippen molar-refractivity contribution in [2.45, 2.75) is 103 Å². The fraction of sp³-hybridized carbons (Fsp3) is 1.00. The van der Waals surface area contributed by atoms with Crippen molar-refractivity contribution in [2.75, 3.05) is 25.2 Å². The fourth-order valence-electron chi connectivity index (χ4n) is 2.98. The molecule has 0 spiro atoms.